The molecule has 0 saturated heterocycles. The zero-order valence-corrected chi connectivity index (χ0v) is 13.9. The van der Waals surface area contributed by atoms with Crippen LogP contribution >= 0.6 is 0 Å². The number of nitrogens with one attached hydrogen (secondary N) is 1. The van der Waals surface area contributed by atoms with Crippen LogP contribution in [0.1, 0.15) is 50.3 Å². The fraction of sp³-hybridized carbons (Fsp3) is 0.812. The van der Waals surface area contributed by atoms with Gasteiger partial charge in [0.2, 0.25) is 0 Å². The van der Waals surface area contributed by atoms with E-state index in [-0.39, 0.29) is 17.7 Å². The summed E-state index contributed by atoms with van der Waals surface area (Å²) < 4.78 is 7.40. The third-order valence-corrected chi connectivity index (χ3v) is 5.51. The molecule has 1 aromatic heterocycles. The van der Waals surface area contributed by atoms with Crippen molar-refractivity contribution in [3.63, 3.8) is 0 Å². The van der Waals surface area contributed by atoms with Crippen molar-refractivity contribution in [3.05, 3.63) is 12.2 Å². The molecule has 0 spiro atoms. The van der Waals surface area contributed by atoms with Gasteiger partial charge in [0.25, 0.3) is 5.91 Å². The molecule has 2 N–H and O–H groups in total. The Bertz CT molecular complexity index is 553. The summed E-state index contributed by atoms with van der Waals surface area (Å²) in [6.45, 7) is 0.486. The van der Waals surface area contributed by atoms with Crippen LogP contribution in [0.15, 0.2) is 6.33 Å². The van der Waals surface area contributed by atoms with Gasteiger partial charge in [-0.2, -0.15) is 0 Å². The fourth-order valence-corrected chi connectivity index (χ4v) is 4.05. The van der Waals surface area contributed by atoms with Crippen LogP contribution in [-0.2, 0) is 16.6 Å². The Morgan fingerprint density at radius 1 is 1.48 bits per heavy atom. The molecule has 2 fully saturated rings. The van der Waals surface area contributed by atoms with Gasteiger partial charge >= 0.3 is 0 Å². The zero-order chi connectivity index (χ0) is 16.4. The van der Waals surface area contributed by atoms with Gasteiger partial charge < -0.3 is 19.7 Å². The minimum atomic E-state index is -0.660. The number of ether oxygens (including phenoxy) is 1. The van der Waals surface area contributed by atoms with Crippen molar-refractivity contribution < 1.29 is 14.6 Å². The number of aryl methyl sites for hydroxylation is 1. The Balaban J connectivity index is 1.56. The van der Waals surface area contributed by atoms with Crippen molar-refractivity contribution in [3.8, 4) is 0 Å². The summed E-state index contributed by atoms with van der Waals surface area (Å²) >= 11 is 0. The lowest BCUT2D eigenvalue weighted by Crippen LogP contribution is -2.48. The molecule has 0 aliphatic heterocycles. The van der Waals surface area contributed by atoms with Crippen molar-refractivity contribution in [2.75, 3.05) is 13.7 Å². The lowest BCUT2D eigenvalue weighted by atomic mass is 9.99. The molecule has 2 saturated carbocycles. The van der Waals surface area contributed by atoms with Crippen molar-refractivity contribution in [1.29, 1.82) is 0 Å². The van der Waals surface area contributed by atoms with Crippen LogP contribution in [-0.4, -0.2) is 51.1 Å². The number of aromatic nitrogens is 3. The summed E-state index contributed by atoms with van der Waals surface area (Å²) in [5, 5.41) is 21.4. The minimum Gasteiger partial charge on any atom is -0.393 e. The van der Waals surface area contributed by atoms with Gasteiger partial charge in [0.05, 0.1) is 6.10 Å². The normalized spacial score (nSPS) is 29.8. The van der Waals surface area contributed by atoms with E-state index in [9.17, 15) is 9.90 Å². The second-order valence-corrected chi connectivity index (χ2v) is 6.91. The average molecular weight is 322 g/mol. The Morgan fingerprint density at radius 3 is 2.83 bits per heavy atom. The number of aliphatic hydroxyl groups is 1. The summed E-state index contributed by atoms with van der Waals surface area (Å²) in [6.07, 6.45) is 6.37. The number of hydrogen-bond donors (Lipinski definition) is 2. The van der Waals surface area contributed by atoms with Crippen molar-refractivity contribution in [2.45, 2.75) is 56.1 Å². The van der Waals surface area contributed by atoms with Crippen molar-refractivity contribution >= 4 is 5.91 Å². The predicted octanol–water partition coefficient (Wildman–Crippen LogP) is 0.745. The van der Waals surface area contributed by atoms with E-state index in [2.05, 4.69) is 15.5 Å². The van der Waals surface area contributed by atoms with E-state index in [0.717, 1.165) is 37.9 Å². The molecule has 3 atom stereocenters. The maximum atomic E-state index is 12.5. The van der Waals surface area contributed by atoms with Gasteiger partial charge in [-0.05, 0) is 38.5 Å². The van der Waals surface area contributed by atoms with Crippen molar-refractivity contribution in [2.24, 2.45) is 13.0 Å². The summed E-state index contributed by atoms with van der Waals surface area (Å²) in [7, 11) is 3.53. The summed E-state index contributed by atoms with van der Waals surface area (Å²) in [6, 6.07) is 0. The van der Waals surface area contributed by atoms with Gasteiger partial charge in [-0.25, -0.2) is 0 Å². The molecule has 3 rings (SSSR count). The van der Waals surface area contributed by atoms with Crippen LogP contribution in [0.5, 0.6) is 0 Å². The summed E-state index contributed by atoms with van der Waals surface area (Å²) in [4.78, 5) is 12.5. The van der Waals surface area contributed by atoms with Crippen LogP contribution < -0.4 is 5.32 Å². The highest BCUT2D eigenvalue weighted by molar-refractivity contribution is 5.85. The quantitative estimate of drug-likeness (QED) is 0.835. The minimum absolute atomic E-state index is 0.0354. The molecule has 2 aliphatic rings. The molecule has 1 aromatic rings. The lowest BCUT2D eigenvalue weighted by molar-refractivity contribution is -0.143. The lowest BCUT2D eigenvalue weighted by Gasteiger charge is -2.27. The van der Waals surface area contributed by atoms with Crippen molar-refractivity contribution in [1.82, 2.24) is 20.1 Å². The summed E-state index contributed by atoms with van der Waals surface area (Å²) in [5.74, 6) is 1.12. The van der Waals surface area contributed by atoms with Gasteiger partial charge in [-0.15, -0.1) is 10.2 Å². The van der Waals surface area contributed by atoms with Crippen LogP contribution in [0.3, 0.4) is 0 Å². The first-order chi connectivity index (χ1) is 11.1. The molecular weight excluding hydrogens is 296 g/mol. The maximum absolute atomic E-state index is 12.5. The van der Waals surface area contributed by atoms with Crippen LogP contribution in [0.4, 0.5) is 0 Å². The van der Waals surface area contributed by atoms with Crippen LogP contribution in [0, 0.1) is 5.92 Å². The molecule has 1 heterocycles. The second kappa shape index (κ2) is 6.57. The molecule has 0 unspecified atom stereocenters. The smallest absolute Gasteiger partial charge is 0.252 e. The standard InChI is InChI=1S/C16H26N4O3/c1-20-10-18-19-14(20)11-7-12(13(21)8-11)9-17-15(22)16(23-2)5-3-4-6-16/h10-13,21H,3-9H2,1-2H3,(H,17,22)/t11-,12+,13+/m0/s1. The Kier molecular flexibility index (Phi) is 4.68. The van der Waals surface area contributed by atoms with E-state index in [1.54, 1.807) is 13.4 Å². The third kappa shape index (κ3) is 3.12. The van der Waals surface area contributed by atoms with Crippen LogP contribution in [0.2, 0.25) is 0 Å². The topological polar surface area (TPSA) is 89.3 Å². The molecular formula is C16H26N4O3. The first-order valence-electron chi connectivity index (χ1n) is 8.41. The molecule has 1 amide bonds. The molecule has 7 heteroatoms. The van der Waals surface area contributed by atoms with E-state index in [4.69, 9.17) is 4.74 Å². The highest BCUT2D eigenvalue weighted by atomic mass is 16.5. The number of amides is 1. The molecule has 0 bridgehead atoms. The number of nitrogens with zero attached hydrogens (tertiary/aromatic N) is 3. The molecule has 23 heavy (non-hydrogen) atoms. The van der Waals surface area contributed by atoms with E-state index < -0.39 is 11.7 Å². The van der Waals surface area contributed by atoms with Crippen LogP contribution in [0.25, 0.3) is 0 Å². The highest BCUT2D eigenvalue weighted by Gasteiger charge is 2.42. The number of rotatable bonds is 5. The monoisotopic (exact) mass is 322 g/mol. The Morgan fingerprint density at radius 2 is 2.22 bits per heavy atom. The Hall–Kier alpha value is -1.47. The maximum Gasteiger partial charge on any atom is 0.252 e. The van der Waals surface area contributed by atoms with Gasteiger partial charge in [0.1, 0.15) is 17.8 Å². The molecule has 128 valence electrons. The van der Waals surface area contributed by atoms with Gasteiger partial charge in [0.15, 0.2) is 0 Å². The Labute approximate surface area is 136 Å². The molecule has 7 nitrogen and oxygen atoms in total. The first kappa shape index (κ1) is 16.4. The number of aliphatic hydroxyl groups excluding tert-OH is 1. The third-order valence-electron chi connectivity index (χ3n) is 5.51. The zero-order valence-electron chi connectivity index (χ0n) is 13.9. The van der Waals surface area contributed by atoms with Gasteiger partial charge in [0, 0.05) is 32.5 Å². The SMILES string of the molecule is COC1(C(=O)NC[C@H]2C[C@H](c3nncn3C)C[C@H]2O)CCCC1. The summed E-state index contributed by atoms with van der Waals surface area (Å²) in [5.41, 5.74) is -0.660. The molecule has 0 aromatic carbocycles. The number of carbonyl (C=O) groups excluding carboxylic acids is 1. The van der Waals surface area contributed by atoms with E-state index in [1.165, 1.54) is 0 Å². The fourth-order valence-electron chi connectivity index (χ4n) is 4.05. The average Bonchev–Trinajstić information content (AvgIpc) is 3.25. The van der Waals surface area contributed by atoms with E-state index in [1.807, 2.05) is 11.6 Å². The predicted molar refractivity (Wildman–Crippen MR) is 83.7 cm³/mol. The largest absolute Gasteiger partial charge is 0.393 e. The van der Waals surface area contributed by atoms with E-state index >= 15 is 0 Å². The van der Waals surface area contributed by atoms with Gasteiger partial charge in [-0.1, -0.05) is 0 Å². The number of carbonyl (C=O) groups is 1. The van der Waals surface area contributed by atoms with E-state index in [0.29, 0.717) is 13.0 Å². The van der Waals surface area contributed by atoms with Gasteiger partial charge in [-0.3, -0.25) is 4.79 Å². The highest BCUT2D eigenvalue weighted by Crippen LogP contribution is 2.37. The first-order valence-corrected chi connectivity index (χ1v) is 8.41. The molecule has 0 radical (unpaired) electrons. The molecule has 2 aliphatic carbocycles. The number of methoxy groups -OCH3 is 1. The number of hydrogen-bond acceptors (Lipinski definition) is 5. The second-order valence-electron chi connectivity index (χ2n) is 6.91.